The van der Waals surface area contributed by atoms with Gasteiger partial charge in [-0.25, -0.2) is 14.8 Å². The Morgan fingerprint density at radius 1 is 0.923 bits per heavy atom. The predicted octanol–water partition coefficient (Wildman–Crippen LogP) is 5.04. The number of halogens is 2. The van der Waals surface area contributed by atoms with E-state index in [2.05, 4.69) is 25.9 Å². The Labute approximate surface area is 160 Å². The van der Waals surface area contributed by atoms with Gasteiger partial charge >= 0.3 is 6.03 Å². The minimum absolute atomic E-state index is 0.309. The number of nitrogens with zero attached hydrogens (tertiary/aromatic N) is 2. The zero-order chi connectivity index (χ0) is 18.4. The van der Waals surface area contributed by atoms with Crippen molar-refractivity contribution in [2.75, 3.05) is 16.0 Å². The van der Waals surface area contributed by atoms with Crippen LogP contribution < -0.4 is 16.0 Å². The Hall–Kier alpha value is -2.83. The molecular formula is C18H15Cl2N5O. The molecule has 0 bridgehead atoms. The number of rotatable bonds is 5. The van der Waals surface area contributed by atoms with Crippen molar-refractivity contribution in [2.24, 2.45) is 0 Å². The second-order valence-electron chi connectivity index (χ2n) is 5.34. The summed E-state index contributed by atoms with van der Waals surface area (Å²) in [4.78, 5) is 20.2. The molecule has 0 aliphatic carbocycles. The van der Waals surface area contributed by atoms with Gasteiger partial charge in [-0.3, -0.25) is 0 Å². The summed E-state index contributed by atoms with van der Waals surface area (Å²) in [5, 5.41) is 9.56. The topological polar surface area (TPSA) is 78.9 Å². The first kappa shape index (κ1) is 18.0. The first-order valence-electron chi connectivity index (χ1n) is 7.73. The number of nitrogens with one attached hydrogen (secondary N) is 3. The summed E-state index contributed by atoms with van der Waals surface area (Å²) >= 11 is 11.8. The molecule has 0 radical (unpaired) electrons. The molecule has 8 heteroatoms. The molecule has 26 heavy (non-hydrogen) atoms. The van der Waals surface area contributed by atoms with Gasteiger partial charge in [0.1, 0.15) is 0 Å². The van der Waals surface area contributed by atoms with Gasteiger partial charge in [-0.1, -0.05) is 35.3 Å². The molecule has 0 spiro atoms. The van der Waals surface area contributed by atoms with Crippen LogP contribution in [0.3, 0.4) is 0 Å². The van der Waals surface area contributed by atoms with Crippen molar-refractivity contribution in [3.8, 4) is 0 Å². The zero-order valence-electron chi connectivity index (χ0n) is 13.5. The smallest absolute Gasteiger partial charge is 0.323 e. The van der Waals surface area contributed by atoms with Gasteiger partial charge in [0.15, 0.2) is 11.0 Å². The molecular weight excluding hydrogens is 373 g/mol. The average Bonchev–Trinajstić information content (AvgIpc) is 2.63. The van der Waals surface area contributed by atoms with Crippen molar-refractivity contribution < 1.29 is 4.79 Å². The van der Waals surface area contributed by atoms with Gasteiger partial charge in [0, 0.05) is 35.3 Å². The summed E-state index contributed by atoms with van der Waals surface area (Å²) in [6.45, 7) is 0.493. The fourth-order valence-corrected chi connectivity index (χ4v) is 2.51. The summed E-state index contributed by atoms with van der Waals surface area (Å²) in [5.74, 6) is 0.507. The van der Waals surface area contributed by atoms with Crippen LogP contribution in [0.4, 0.5) is 22.0 Å². The van der Waals surface area contributed by atoms with E-state index in [4.69, 9.17) is 23.2 Å². The van der Waals surface area contributed by atoms with E-state index in [1.807, 2.05) is 18.2 Å². The minimum atomic E-state index is -0.339. The molecule has 0 aliphatic rings. The summed E-state index contributed by atoms with van der Waals surface area (Å²) in [6.07, 6.45) is 3.09. The van der Waals surface area contributed by atoms with Gasteiger partial charge in [0.05, 0.1) is 0 Å². The van der Waals surface area contributed by atoms with E-state index in [0.29, 0.717) is 33.9 Å². The zero-order valence-corrected chi connectivity index (χ0v) is 15.1. The quantitative estimate of drug-likeness (QED) is 0.572. The predicted molar refractivity (Wildman–Crippen MR) is 105 cm³/mol. The summed E-state index contributed by atoms with van der Waals surface area (Å²) < 4.78 is 0. The highest BCUT2D eigenvalue weighted by Gasteiger charge is 2.05. The summed E-state index contributed by atoms with van der Waals surface area (Å²) in [5.41, 5.74) is 2.28. The molecule has 3 aromatic rings. The largest absolute Gasteiger partial charge is 0.363 e. The molecule has 132 valence electrons. The molecule has 0 saturated carbocycles. The molecule has 1 aromatic heterocycles. The highest BCUT2D eigenvalue weighted by molar-refractivity contribution is 6.31. The van der Waals surface area contributed by atoms with Crippen LogP contribution in [0.25, 0.3) is 0 Å². The maximum absolute atomic E-state index is 12.1. The number of benzene rings is 2. The van der Waals surface area contributed by atoms with E-state index in [1.54, 1.807) is 36.5 Å². The molecule has 0 fully saturated rings. The van der Waals surface area contributed by atoms with E-state index >= 15 is 0 Å². The van der Waals surface area contributed by atoms with Crippen LogP contribution in [-0.2, 0) is 6.54 Å². The molecule has 3 rings (SSSR count). The fourth-order valence-electron chi connectivity index (χ4n) is 2.21. The third-order valence-electron chi connectivity index (χ3n) is 3.40. The Kier molecular flexibility index (Phi) is 5.88. The molecule has 0 saturated heterocycles. The van der Waals surface area contributed by atoms with Gasteiger partial charge in [-0.05, 0) is 42.0 Å². The van der Waals surface area contributed by atoms with Gasteiger partial charge in [0.2, 0.25) is 0 Å². The normalized spacial score (nSPS) is 10.2. The highest BCUT2D eigenvalue weighted by Crippen LogP contribution is 2.17. The number of hydrogen-bond donors (Lipinski definition) is 3. The van der Waals surface area contributed by atoms with Crippen molar-refractivity contribution in [3.63, 3.8) is 0 Å². The van der Waals surface area contributed by atoms with Gasteiger partial charge < -0.3 is 16.0 Å². The first-order valence-corrected chi connectivity index (χ1v) is 8.48. The van der Waals surface area contributed by atoms with Crippen LogP contribution in [-0.4, -0.2) is 16.0 Å². The molecule has 2 amide bonds. The first-order chi connectivity index (χ1) is 12.6. The second kappa shape index (κ2) is 8.51. The molecule has 1 heterocycles. The Morgan fingerprint density at radius 2 is 1.65 bits per heavy atom. The molecule has 3 N–H and O–H groups in total. The number of carbonyl (C=O) groups excluding carboxylic acids is 1. The van der Waals surface area contributed by atoms with E-state index in [-0.39, 0.29) is 6.03 Å². The lowest BCUT2D eigenvalue weighted by Crippen LogP contribution is -2.19. The van der Waals surface area contributed by atoms with Crippen molar-refractivity contribution >= 4 is 46.4 Å². The van der Waals surface area contributed by atoms with E-state index in [9.17, 15) is 4.79 Å². The summed E-state index contributed by atoms with van der Waals surface area (Å²) in [6, 6.07) is 14.0. The van der Waals surface area contributed by atoms with Gasteiger partial charge in [-0.15, -0.1) is 0 Å². The van der Waals surface area contributed by atoms with Crippen LogP contribution in [0.2, 0.25) is 10.2 Å². The Bertz CT molecular complexity index is 902. The number of amides is 2. The SMILES string of the molecule is O=C(Nc1ccc(Cl)cc1)Nc1cccc(CNc2nccnc2Cl)c1. The standard InChI is InChI=1S/C18H15Cl2N5O/c19-13-4-6-14(7-5-13)24-18(26)25-15-3-1-2-12(10-15)11-23-17-16(20)21-8-9-22-17/h1-10H,11H2,(H,22,23)(H2,24,25,26). The lowest BCUT2D eigenvalue weighted by molar-refractivity contribution is 0.262. The number of hydrogen-bond acceptors (Lipinski definition) is 4. The molecule has 0 atom stereocenters. The van der Waals surface area contributed by atoms with Crippen molar-refractivity contribution in [1.82, 2.24) is 9.97 Å². The van der Waals surface area contributed by atoms with Crippen LogP contribution in [0.5, 0.6) is 0 Å². The molecule has 0 unspecified atom stereocenters. The number of carbonyl (C=O) groups is 1. The Morgan fingerprint density at radius 3 is 2.42 bits per heavy atom. The summed E-state index contributed by atoms with van der Waals surface area (Å²) in [7, 11) is 0. The van der Waals surface area contributed by atoms with E-state index < -0.39 is 0 Å². The third kappa shape index (κ3) is 5.08. The highest BCUT2D eigenvalue weighted by atomic mass is 35.5. The van der Waals surface area contributed by atoms with Gasteiger partial charge in [0.25, 0.3) is 0 Å². The number of aromatic nitrogens is 2. The average molecular weight is 388 g/mol. The third-order valence-corrected chi connectivity index (χ3v) is 3.93. The lowest BCUT2D eigenvalue weighted by atomic mass is 10.2. The van der Waals surface area contributed by atoms with Crippen LogP contribution in [0.15, 0.2) is 60.9 Å². The van der Waals surface area contributed by atoms with E-state index in [0.717, 1.165) is 5.56 Å². The number of urea groups is 1. The van der Waals surface area contributed by atoms with Crippen LogP contribution in [0, 0.1) is 0 Å². The fraction of sp³-hybridized carbons (Fsp3) is 0.0556. The minimum Gasteiger partial charge on any atom is -0.363 e. The maximum atomic E-state index is 12.1. The van der Waals surface area contributed by atoms with Gasteiger partial charge in [-0.2, -0.15) is 0 Å². The van der Waals surface area contributed by atoms with Crippen molar-refractivity contribution in [2.45, 2.75) is 6.54 Å². The lowest BCUT2D eigenvalue weighted by Gasteiger charge is -2.10. The van der Waals surface area contributed by atoms with E-state index in [1.165, 1.54) is 6.20 Å². The van der Waals surface area contributed by atoms with Crippen molar-refractivity contribution in [3.05, 3.63) is 76.7 Å². The van der Waals surface area contributed by atoms with Crippen molar-refractivity contribution in [1.29, 1.82) is 0 Å². The Balaban J connectivity index is 1.59. The molecule has 0 aliphatic heterocycles. The molecule has 6 nitrogen and oxygen atoms in total. The maximum Gasteiger partial charge on any atom is 0.323 e. The second-order valence-corrected chi connectivity index (χ2v) is 6.13. The molecule has 2 aromatic carbocycles. The van der Waals surface area contributed by atoms with Crippen LogP contribution in [0.1, 0.15) is 5.56 Å². The number of anilines is 3. The van der Waals surface area contributed by atoms with Crippen LogP contribution >= 0.6 is 23.2 Å². The monoisotopic (exact) mass is 387 g/mol.